The molecule has 2 heterocycles. The van der Waals surface area contributed by atoms with Crippen molar-refractivity contribution in [3.8, 4) is 5.75 Å². The standard InChI is InChI=1S/C17H23N3O/c1-13-7-17(15-5-4-6-16(8-15)21-3)20(10-13)12-14-9-18-19(2)11-14/h4-6,8-9,11,13,17H,7,10,12H2,1-3H3/t13-,17+/m1/s1. The SMILES string of the molecule is COc1cccc([C@@H]2C[C@@H](C)CN2Cc2cnn(C)c2)c1. The van der Waals surface area contributed by atoms with Crippen LogP contribution in [0.3, 0.4) is 0 Å². The molecule has 1 saturated heterocycles. The van der Waals surface area contributed by atoms with Crippen LogP contribution in [0.1, 0.15) is 30.5 Å². The van der Waals surface area contributed by atoms with Crippen molar-refractivity contribution in [2.75, 3.05) is 13.7 Å². The number of ether oxygens (including phenoxy) is 1. The fourth-order valence-electron chi connectivity index (χ4n) is 3.29. The number of aromatic nitrogens is 2. The molecule has 1 aromatic heterocycles. The lowest BCUT2D eigenvalue weighted by Crippen LogP contribution is -2.23. The number of nitrogens with zero attached hydrogens (tertiary/aromatic N) is 3. The second-order valence-corrected chi connectivity index (χ2v) is 6.08. The van der Waals surface area contributed by atoms with Gasteiger partial charge in [-0.25, -0.2) is 0 Å². The Morgan fingerprint density at radius 2 is 2.24 bits per heavy atom. The summed E-state index contributed by atoms with van der Waals surface area (Å²) in [7, 11) is 3.69. The molecule has 21 heavy (non-hydrogen) atoms. The zero-order valence-corrected chi connectivity index (χ0v) is 13.0. The summed E-state index contributed by atoms with van der Waals surface area (Å²) in [6.45, 7) is 4.42. The maximum absolute atomic E-state index is 5.37. The quantitative estimate of drug-likeness (QED) is 0.865. The van der Waals surface area contributed by atoms with Crippen LogP contribution < -0.4 is 4.74 Å². The van der Waals surface area contributed by atoms with Gasteiger partial charge in [-0.15, -0.1) is 0 Å². The molecule has 1 aliphatic rings. The fraction of sp³-hybridized carbons (Fsp3) is 0.471. The Morgan fingerprint density at radius 1 is 1.38 bits per heavy atom. The van der Waals surface area contributed by atoms with Gasteiger partial charge in [0.25, 0.3) is 0 Å². The van der Waals surface area contributed by atoms with Crippen molar-refractivity contribution in [1.29, 1.82) is 0 Å². The minimum absolute atomic E-state index is 0.468. The Hall–Kier alpha value is -1.81. The van der Waals surface area contributed by atoms with Gasteiger partial charge < -0.3 is 4.74 Å². The van der Waals surface area contributed by atoms with E-state index >= 15 is 0 Å². The van der Waals surface area contributed by atoms with Crippen molar-refractivity contribution in [2.45, 2.75) is 25.9 Å². The molecule has 1 aliphatic heterocycles. The molecule has 4 nitrogen and oxygen atoms in total. The monoisotopic (exact) mass is 285 g/mol. The van der Waals surface area contributed by atoms with Crippen LogP contribution in [0.5, 0.6) is 5.75 Å². The lowest BCUT2D eigenvalue weighted by Gasteiger charge is -2.24. The van der Waals surface area contributed by atoms with Gasteiger partial charge in [0.2, 0.25) is 0 Å². The van der Waals surface area contributed by atoms with Crippen molar-refractivity contribution < 1.29 is 4.74 Å². The Morgan fingerprint density at radius 3 is 2.95 bits per heavy atom. The molecule has 112 valence electrons. The summed E-state index contributed by atoms with van der Waals surface area (Å²) < 4.78 is 7.24. The van der Waals surface area contributed by atoms with Gasteiger partial charge in [0.05, 0.1) is 13.3 Å². The van der Waals surface area contributed by atoms with Crippen molar-refractivity contribution in [2.24, 2.45) is 13.0 Å². The van der Waals surface area contributed by atoms with Crippen LogP contribution in [0.25, 0.3) is 0 Å². The number of hydrogen-bond acceptors (Lipinski definition) is 3. The third-order valence-electron chi connectivity index (χ3n) is 4.24. The van der Waals surface area contributed by atoms with Gasteiger partial charge in [-0.05, 0) is 30.0 Å². The zero-order chi connectivity index (χ0) is 14.8. The van der Waals surface area contributed by atoms with E-state index < -0.39 is 0 Å². The first-order chi connectivity index (χ1) is 10.2. The van der Waals surface area contributed by atoms with E-state index in [4.69, 9.17) is 4.74 Å². The number of methoxy groups -OCH3 is 1. The van der Waals surface area contributed by atoms with Gasteiger partial charge >= 0.3 is 0 Å². The van der Waals surface area contributed by atoms with Crippen LogP contribution in [-0.4, -0.2) is 28.3 Å². The minimum atomic E-state index is 0.468. The molecular weight excluding hydrogens is 262 g/mol. The summed E-state index contributed by atoms with van der Waals surface area (Å²) in [4.78, 5) is 2.55. The van der Waals surface area contributed by atoms with Gasteiger partial charge in [0.15, 0.2) is 0 Å². The van der Waals surface area contributed by atoms with Crippen LogP contribution in [0.15, 0.2) is 36.7 Å². The fourth-order valence-corrected chi connectivity index (χ4v) is 3.29. The highest BCUT2D eigenvalue weighted by molar-refractivity contribution is 5.31. The number of benzene rings is 1. The molecule has 0 N–H and O–H groups in total. The predicted octanol–water partition coefficient (Wildman–Crippen LogP) is 3.01. The minimum Gasteiger partial charge on any atom is -0.497 e. The second kappa shape index (κ2) is 5.90. The topological polar surface area (TPSA) is 30.3 Å². The first-order valence-corrected chi connectivity index (χ1v) is 7.51. The highest BCUT2D eigenvalue weighted by Crippen LogP contribution is 2.37. The van der Waals surface area contributed by atoms with E-state index in [1.54, 1.807) is 7.11 Å². The number of rotatable bonds is 4. The van der Waals surface area contributed by atoms with Crippen LogP contribution in [0, 0.1) is 5.92 Å². The molecule has 0 radical (unpaired) electrons. The third-order valence-corrected chi connectivity index (χ3v) is 4.24. The van der Waals surface area contributed by atoms with Gasteiger partial charge in [-0.1, -0.05) is 19.1 Å². The average Bonchev–Trinajstić information content (AvgIpc) is 3.05. The maximum Gasteiger partial charge on any atom is 0.119 e. The van der Waals surface area contributed by atoms with Gasteiger partial charge in [-0.2, -0.15) is 5.10 Å². The molecule has 2 aromatic rings. The molecule has 2 atom stereocenters. The molecule has 4 heteroatoms. The molecular formula is C17H23N3O. The van der Waals surface area contributed by atoms with E-state index in [1.165, 1.54) is 17.5 Å². The van der Waals surface area contributed by atoms with Crippen molar-refractivity contribution in [1.82, 2.24) is 14.7 Å². The Balaban J connectivity index is 1.81. The summed E-state index contributed by atoms with van der Waals surface area (Å²) in [5.74, 6) is 1.66. The lowest BCUT2D eigenvalue weighted by atomic mass is 10.0. The van der Waals surface area contributed by atoms with Crippen molar-refractivity contribution in [3.05, 3.63) is 47.8 Å². The number of hydrogen-bond donors (Lipinski definition) is 0. The van der Waals surface area contributed by atoms with E-state index in [0.29, 0.717) is 6.04 Å². The normalized spacial score (nSPS) is 22.6. The average molecular weight is 285 g/mol. The molecule has 1 fully saturated rings. The van der Waals surface area contributed by atoms with Crippen LogP contribution >= 0.6 is 0 Å². The van der Waals surface area contributed by atoms with E-state index in [-0.39, 0.29) is 0 Å². The zero-order valence-electron chi connectivity index (χ0n) is 13.0. The smallest absolute Gasteiger partial charge is 0.119 e. The van der Waals surface area contributed by atoms with E-state index in [0.717, 1.165) is 24.8 Å². The summed E-state index contributed by atoms with van der Waals surface area (Å²) in [5.41, 5.74) is 2.63. The molecule has 0 amide bonds. The molecule has 3 rings (SSSR count). The van der Waals surface area contributed by atoms with Crippen molar-refractivity contribution >= 4 is 0 Å². The van der Waals surface area contributed by atoms with Crippen LogP contribution in [-0.2, 0) is 13.6 Å². The largest absolute Gasteiger partial charge is 0.497 e. The van der Waals surface area contributed by atoms with Crippen molar-refractivity contribution in [3.63, 3.8) is 0 Å². The van der Waals surface area contributed by atoms with Crippen LogP contribution in [0.4, 0.5) is 0 Å². The summed E-state index contributed by atoms with van der Waals surface area (Å²) in [5, 5.41) is 4.27. The first-order valence-electron chi connectivity index (χ1n) is 7.51. The number of likely N-dealkylation sites (tertiary alicyclic amines) is 1. The van der Waals surface area contributed by atoms with E-state index in [2.05, 4.69) is 41.3 Å². The highest BCUT2D eigenvalue weighted by atomic mass is 16.5. The second-order valence-electron chi connectivity index (χ2n) is 6.08. The maximum atomic E-state index is 5.37. The summed E-state index contributed by atoms with van der Waals surface area (Å²) in [6.07, 6.45) is 5.27. The first kappa shape index (κ1) is 14.1. The van der Waals surface area contributed by atoms with Crippen LogP contribution in [0.2, 0.25) is 0 Å². The number of aryl methyl sites for hydroxylation is 1. The summed E-state index contributed by atoms with van der Waals surface area (Å²) in [6, 6.07) is 8.93. The molecule has 0 unspecified atom stereocenters. The third kappa shape index (κ3) is 3.10. The highest BCUT2D eigenvalue weighted by Gasteiger charge is 2.31. The molecule has 0 saturated carbocycles. The predicted molar refractivity (Wildman–Crippen MR) is 83.1 cm³/mol. The van der Waals surface area contributed by atoms with Gasteiger partial charge in [0.1, 0.15) is 5.75 Å². The Labute approximate surface area is 126 Å². The van der Waals surface area contributed by atoms with E-state index in [1.807, 2.05) is 24.0 Å². The van der Waals surface area contributed by atoms with E-state index in [9.17, 15) is 0 Å². The molecule has 0 bridgehead atoms. The molecule has 1 aromatic carbocycles. The molecule has 0 spiro atoms. The summed E-state index contributed by atoms with van der Waals surface area (Å²) >= 11 is 0. The lowest BCUT2D eigenvalue weighted by molar-refractivity contribution is 0.245. The Kier molecular flexibility index (Phi) is 3.97. The van der Waals surface area contributed by atoms with Gasteiger partial charge in [0, 0.05) is 37.9 Å². The van der Waals surface area contributed by atoms with Gasteiger partial charge in [-0.3, -0.25) is 9.58 Å². The molecule has 0 aliphatic carbocycles. The Bertz CT molecular complexity index is 608.